The molecule has 0 unspecified atom stereocenters. The van der Waals surface area contributed by atoms with Crippen molar-refractivity contribution in [3.8, 4) is 0 Å². The molecule has 1 aromatic rings. The third-order valence-corrected chi connectivity index (χ3v) is 2.36. The van der Waals surface area contributed by atoms with Gasteiger partial charge in [0.1, 0.15) is 0 Å². The van der Waals surface area contributed by atoms with E-state index in [1.807, 2.05) is 25.1 Å². The number of hydrogen-bond donors (Lipinski definition) is 2. The largest absolute Gasteiger partial charge is 0.478 e. The summed E-state index contributed by atoms with van der Waals surface area (Å²) in [4.78, 5) is 10.4. The van der Waals surface area contributed by atoms with Crippen molar-refractivity contribution in [2.45, 2.75) is 13.8 Å². The van der Waals surface area contributed by atoms with E-state index in [0.29, 0.717) is 11.6 Å². The lowest BCUT2D eigenvalue weighted by atomic mass is 10.2. The number of hydrogen-bond acceptors (Lipinski definition) is 2. The normalized spacial score (nSPS) is 11.3. The molecular formula is C12H14ClNO2. The zero-order valence-corrected chi connectivity index (χ0v) is 10.0. The Morgan fingerprint density at radius 1 is 1.56 bits per heavy atom. The van der Waals surface area contributed by atoms with Crippen molar-refractivity contribution in [1.29, 1.82) is 0 Å². The second-order valence-corrected chi connectivity index (χ2v) is 4.07. The lowest BCUT2D eigenvalue weighted by molar-refractivity contribution is -0.131. The van der Waals surface area contributed by atoms with Gasteiger partial charge in [0.15, 0.2) is 0 Å². The number of carboxylic acid groups (broad SMARTS) is 1. The van der Waals surface area contributed by atoms with Crippen molar-refractivity contribution in [2.24, 2.45) is 0 Å². The van der Waals surface area contributed by atoms with Gasteiger partial charge in [-0.1, -0.05) is 17.7 Å². The maximum Gasteiger partial charge on any atom is 0.328 e. The third kappa shape index (κ3) is 3.95. The molecule has 86 valence electrons. The molecule has 0 radical (unpaired) electrons. The van der Waals surface area contributed by atoms with Crippen LogP contribution >= 0.6 is 11.6 Å². The van der Waals surface area contributed by atoms with Crippen LogP contribution in [-0.4, -0.2) is 17.6 Å². The van der Waals surface area contributed by atoms with E-state index < -0.39 is 5.97 Å². The van der Waals surface area contributed by atoms with Crippen LogP contribution in [-0.2, 0) is 4.79 Å². The fourth-order valence-corrected chi connectivity index (χ4v) is 1.56. The highest BCUT2D eigenvalue weighted by Crippen LogP contribution is 2.22. The summed E-state index contributed by atoms with van der Waals surface area (Å²) >= 11 is 6.02. The van der Waals surface area contributed by atoms with E-state index in [0.717, 1.165) is 16.8 Å². The topological polar surface area (TPSA) is 49.3 Å². The molecule has 0 spiro atoms. The summed E-state index contributed by atoms with van der Waals surface area (Å²) in [5.41, 5.74) is 2.64. The standard InChI is InChI=1S/C12H14ClNO2/c1-8-3-4-11(10(13)5-8)14-7-9(2)6-12(15)16/h3-6,14H,7H2,1-2H3,(H,15,16)/b9-6-. The highest BCUT2D eigenvalue weighted by Gasteiger charge is 2.00. The summed E-state index contributed by atoms with van der Waals surface area (Å²) in [5.74, 6) is -0.936. The number of rotatable bonds is 4. The molecule has 0 fully saturated rings. The first-order chi connectivity index (χ1) is 7.49. The number of halogens is 1. The van der Waals surface area contributed by atoms with E-state index in [9.17, 15) is 4.79 Å². The molecule has 0 aliphatic heterocycles. The predicted molar refractivity (Wildman–Crippen MR) is 66.1 cm³/mol. The Kier molecular flexibility index (Phi) is 4.38. The van der Waals surface area contributed by atoms with Gasteiger partial charge in [0.25, 0.3) is 0 Å². The van der Waals surface area contributed by atoms with E-state index in [1.165, 1.54) is 6.08 Å². The Morgan fingerprint density at radius 2 is 2.25 bits per heavy atom. The maximum absolute atomic E-state index is 10.4. The van der Waals surface area contributed by atoms with E-state index in [2.05, 4.69) is 5.32 Å². The molecule has 16 heavy (non-hydrogen) atoms. The zero-order valence-electron chi connectivity index (χ0n) is 9.25. The van der Waals surface area contributed by atoms with Gasteiger partial charge in [0.2, 0.25) is 0 Å². The summed E-state index contributed by atoms with van der Waals surface area (Å²) in [5, 5.41) is 12.3. The van der Waals surface area contributed by atoms with Crippen LogP contribution in [0.1, 0.15) is 12.5 Å². The van der Waals surface area contributed by atoms with Gasteiger partial charge in [-0.2, -0.15) is 0 Å². The van der Waals surface area contributed by atoms with Gasteiger partial charge in [-0.05, 0) is 37.1 Å². The van der Waals surface area contributed by atoms with E-state index >= 15 is 0 Å². The molecule has 0 amide bonds. The summed E-state index contributed by atoms with van der Waals surface area (Å²) in [6, 6.07) is 5.69. The molecule has 0 bridgehead atoms. The molecule has 1 rings (SSSR count). The molecule has 0 aliphatic rings. The van der Waals surface area contributed by atoms with Crippen molar-refractivity contribution in [3.63, 3.8) is 0 Å². The second-order valence-electron chi connectivity index (χ2n) is 3.67. The molecule has 0 saturated heterocycles. The number of carboxylic acids is 1. The number of anilines is 1. The summed E-state index contributed by atoms with van der Waals surface area (Å²) in [6.45, 7) is 4.18. The minimum atomic E-state index is -0.936. The van der Waals surface area contributed by atoms with Gasteiger partial charge in [-0.3, -0.25) is 0 Å². The first kappa shape index (κ1) is 12.6. The van der Waals surface area contributed by atoms with Gasteiger partial charge < -0.3 is 10.4 Å². The SMILES string of the molecule is C/C(=C/C(=O)O)CNc1ccc(C)cc1Cl. The minimum Gasteiger partial charge on any atom is -0.478 e. The smallest absolute Gasteiger partial charge is 0.328 e. The predicted octanol–water partition coefficient (Wildman–Crippen LogP) is 3.09. The van der Waals surface area contributed by atoms with E-state index in [1.54, 1.807) is 6.92 Å². The molecule has 4 heteroatoms. The van der Waals surface area contributed by atoms with Gasteiger partial charge in [-0.25, -0.2) is 4.79 Å². The molecule has 1 aromatic carbocycles. The summed E-state index contributed by atoms with van der Waals surface area (Å²) < 4.78 is 0. The first-order valence-corrected chi connectivity index (χ1v) is 5.27. The molecule has 3 nitrogen and oxygen atoms in total. The number of carbonyl (C=O) groups is 1. The zero-order chi connectivity index (χ0) is 12.1. The molecule has 0 aliphatic carbocycles. The Hall–Kier alpha value is -1.48. The molecule has 0 atom stereocenters. The Morgan fingerprint density at radius 3 is 2.81 bits per heavy atom. The van der Waals surface area contributed by atoms with Crippen molar-refractivity contribution >= 4 is 23.3 Å². The number of benzene rings is 1. The minimum absolute atomic E-state index is 0.467. The molecular weight excluding hydrogens is 226 g/mol. The number of aryl methyl sites for hydroxylation is 1. The highest BCUT2D eigenvalue weighted by molar-refractivity contribution is 6.33. The van der Waals surface area contributed by atoms with E-state index in [4.69, 9.17) is 16.7 Å². The summed E-state index contributed by atoms with van der Waals surface area (Å²) in [6.07, 6.45) is 1.18. The molecule has 0 aromatic heterocycles. The Labute approximate surface area is 99.7 Å². The third-order valence-electron chi connectivity index (χ3n) is 2.05. The fourth-order valence-electron chi connectivity index (χ4n) is 1.26. The lowest BCUT2D eigenvalue weighted by Crippen LogP contribution is -2.05. The van der Waals surface area contributed by atoms with Crippen LogP contribution in [0.4, 0.5) is 5.69 Å². The average Bonchev–Trinajstić information content (AvgIpc) is 2.15. The average molecular weight is 240 g/mol. The van der Waals surface area contributed by atoms with Crippen molar-refractivity contribution in [2.75, 3.05) is 11.9 Å². The van der Waals surface area contributed by atoms with Gasteiger partial charge >= 0.3 is 5.97 Å². The second kappa shape index (κ2) is 5.56. The maximum atomic E-state index is 10.4. The first-order valence-electron chi connectivity index (χ1n) is 4.89. The van der Waals surface area contributed by atoms with Gasteiger partial charge in [0, 0.05) is 12.6 Å². The van der Waals surface area contributed by atoms with E-state index in [-0.39, 0.29) is 0 Å². The van der Waals surface area contributed by atoms with Gasteiger partial charge in [0.05, 0.1) is 10.7 Å². The summed E-state index contributed by atoms with van der Waals surface area (Å²) in [7, 11) is 0. The van der Waals surface area contributed by atoms with Crippen LogP contribution in [0, 0.1) is 6.92 Å². The van der Waals surface area contributed by atoms with Crippen LogP contribution in [0.5, 0.6) is 0 Å². The fraction of sp³-hybridized carbons (Fsp3) is 0.250. The van der Waals surface area contributed by atoms with Crippen molar-refractivity contribution in [1.82, 2.24) is 0 Å². The number of nitrogens with one attached hydrogen (secondary N) is 1. The Bertz CT molecular complexity index is 427. The quantitative estimate of drug-likeness (QED) is 0.794. The Balaban J connectivity index is 2.65. The van der Waals surface area contributed by atoms with Crippen LogP contribution < -0.4 is 5.32 Å². The molecule has 2 N–H and O–H groups in total. The van der Waals surface area contributed by atoms with Crippen molar-refractivity contribution in [3.05, 3.63) is 40.4 Å². The monoisotopic (exact) mass is 239 g/mol. The lowest BCUT2D eigenvalue weighted by Gasteiger charge is -2.08. The number of aliphatic carboxylic acids is 1. The van der Waals surface area contributed by atoms with Crippen molar-refractivity contribution < 1.29 is 9.90 Å². The van der Waals surface area contributed by atoms with Crippen LogP contribution in [0.3, 0.4) is 0 Å². The molecule has 0 heterocycles. The van der Waals surface area contributed by atoms with Crippen LogP contribution in [0.2, 0.25) is 5.02 Å². The van der Waals surface area contributed by atoms with Gasteiger partial charge in [-0.15, -0.1) is 0 Å². The molecule has 0 saturated carbocycles. The van der Waals surface area contributed by atoms with Crippen LogP contribution in [0.25, 0.3) is 0 Å². The van der Waals surface area contributed by atoms with Crippen LogP contribution in [0.15, 0.2) is 29.8 Å². The highest BCUT2D eigenvalue weighted by atomic mass is 35.5.